The Morgan fingerprint density at radius 1 is 1.03 bits per heavy atom. The summed E-state index contributed by atoms with van der Waals surface area (Å²) in [5, 5.41) is 0. The second-order valence-electron chi connectivity index (χ2n) is 7.98. The number of carbonyl (C=O) groups excluding carboxylic acids is 1. The first kappa shape index (κ1) is 18.6. The average molecular weight is 399 g/mol. The van der Waals surface area contributed by atoms with Gasteiger partial charge in [0.2, 0.25) is 0 Å². The third-order valence-corrected chi connectivity index (χ3v) is 6.01. The van der Waals surface area contributed by atoms with E-state index in [9.17, 15) is 4.79 Å². The lowest BCUT2D eigenvalue weighted by molar-refractivity contribution is 0.0675. The molecule has 1 fully saturated rings. The van der Waals surface area contributed by atoms with Crippen molar-refractivity contribution in [2.75, 3.05) is 13.1 Å². The maximum Gasteiger partial charge on any atom is 0.272 e. The lowest BCUT2D eigenvalue weighted by atomic mass is 9.96. The second-order valence-corrected chi connectivity index (χ2v) is 7.98. The summed E-state index contributed by atoms with van der Waals surface area (Å²) in [5.41, 5.74) is 3.43. The number of aryl methyl sites for hydroxylation is 1. The highest BCUT2D eigenvalue weighted by Crippen LogP contribution is 2.25. The molecule has 0 N–H and O–H groups in total. The van der Waals surface area contributed by atoms with Crippen molar-refractivity contribution in [3.63, 3.8) is 0 Å². The zero-order chi connectivity index (χ0) is 20.5. The SMILES string of the molecule is Cc1nc2ccccn2c1C(=O)N1CCC(Cn2ccnc2-c2ccccc2)CC1. The van der Waals surface area contributed by atoms with Crippen molar-refractivity contribution in [2.45, 2.75) is 26.3 Å². The maximum atomic E-state index is 13.2. The van der Waals surface area contributed by atoms with E-state index in [0.717, 1.165) is 55.2 Å². The summed E-state index contributed by atoms with van der Waals surface area (Å²) in [5.74, 6) is 1.63. The van der Waals surface area contributed by atoms with Gasteiger partial charge in [-0.3, -0.25) is 9.20 Å². The van der Waals surface area contributed by atoms with Crippen LogP contribution in [0.4, 0.5) is 0 Å². The molecule has 30 heavy (non-hydrogen) atoms. The molecule has 152 valence electrons. The van der Waals surface area contributed by atoms with Gasteiger partial charge in [0.1, 0.15) is 17.2 Å². The van der Waals surface area contributed by atoms with Gasteiger partial charge in [-0.2, -0.15) is 0 Å². The molecule has 1 aliphatic heterocycles. The Hall–Kier alpha value is -3.41. The van der Waals surface area contributed by atoms with E-state index in [1.165, 1.54) is 0 Å². The lowest BCUT2D eigenvalue weighted by Gasteiger charge is -2.32. The van der Waals surface area contributed by atoms with Crippen LogP contribution in [0.25, 0.3) is 17.0 Å². The standard InChI is InChI=1S/C24H25N5O/c1-18-22(29-13-6-5-9-21(29)26-18)24(30)27-14-10-19(11-15-27)17-28-16-12-25-23(28)20-7-3-2-4-8-20/h2-9,12-13,16,19H,10-11,14-15,17H2,1H3. The Bertz CT molecular complexity index is 1170. The van der Waals surface area contributed by atoms with Gasteiger partial charge < -0.3 is 9.47 Å². The minimum Gasteiger partial charge on any atom is -0.337 e. The van der Waals surface area contributed by atoms with Crippen molar-refractivity contribution in [2.24, 2.45) is 5.92 Å². The number of rotatable bonds is 4. The number of hydrogen-bond donors (Lipinski definition) is 0. The van der Waals surface area contributed by atoms with Crippen LogP contribution in [-0.4, -0.2) is 42.8 Å². The van der Waals surface area contributed by atoms with Gasteiger partial charge in [-0.15, -0.1) is 0 Å². The van der Waals surface area contributed by atoms with E-state index in [1.807, 2.05) is 65.0 Å². The largest absolute Gasteiger partial charge is 0.337 e. The quantitative estimate of drug-likeness (QED) is 0.520. The van der Waals surface area contributed by atoms with E-state index in [-0.39, 0.29) is 5.91 Å². The highest BCUT2D eigenvalue weighted by atomic mass is 16.2. The normalized spacial score (nSPS) is 15.0. The van der Waals surface area contributed by atoms with Crippen LogP contribution in [0.5, 0.6) is 0 Å². The Kier molecular flexibility index (Phi) is 4.83. The number of piperidine rings is 1. The van der Waals surface area contributed by atoms with Crippen LogP contribution >= 0.6 is 0 Å². The summed E-state index contributed by atoms with van der Waals surface area (Å²) >= 11 is 0. The van der Waals surface area contributed by atoms with Crippen LogP contribution in [0.3, 0.4) is 0 Å². The third-order valence-electron chi connectivity index (χ3n) is 6.01. The predicted octanol–water partition coefficient (Wildman–Crippen LogP) is 4.06. The fraction of sp³-hybridized carbons (Fsp3) is 0.292. The molecule has 0 saturated carbocycles. The lowest BCUT2D eigenvalue weighted by Crippen LogP contribution is -2.40. The minimum absolute atomic E-state index is 0.0808. The highest BCUT2D eigenvalue weighted by Gasteiger charge is 2.27. The van der Waals surface area contributed by atoms with E-state index < -0.39 is 0 Å². The first-order chi connectivity index (χ1) is 14.7. The maximum absolute atomic E-state index is 13.2. The Morgan fingerprint density at radius 3 is 2.60 bits per heavy atom. The van der Waals surface area contributed by atoms with Gasteiger partial charge in [0.25, 0.3) is 5.91 Å². The summed E-state index contributed by atoms with van der Waals surface area (Å²) in [4.78, 5) is 24.3. The molecule has 6 heteroatoms. The molecule has 4 aromatic rings. The molecule has 1 amide bonds. The summed E-state index contributed by atoms with van der Waals surface area (Å²) in [7, 11) is 0. The van der Waals surface area contributed by atoms with Gasteiger partial charge in [0.15, 0.2) is 0 Å². The van der Waals surface area contributed by atoms with Crippen molar-refractivity contribution in [3.05, 3.63) is 78.5 Å². The minimum atomic E-state index is 0.0808. The van der Waals surface area contributed by atoms with Crippen LogP contribution in [-0.2, 0) is 6.54 Å². The number of likely N-dealkylation sites (tertiary alicyclic amines) is 1. The van der Waals surface area contributed by atoms with Gasteiger partial charge in [0, 0.05) is 43.8 Å². The number of amides is 1. The smallest absolute Gasteiger partial charge is 0.272 e. The molecule has 6 nitrogen and oxygen atoms in total. The van der Waals surface area contributed by atoms with Gasteiger partial charge in [-0.25, -0.2) is 9.97 Å². The summed E-state index contributed by atoms with van der Waals surface area (Å²) in [6.45, 7) is 4.40. The van der Waals surface area contributed by atoms with Gasteiger partial charge in [-0.1, -0.05) is 36.4 Å². The van der Waals surface area contributed by atoms with Gasteiger partial charge >= 0.3 is 0 Å². The Balaban J connectivity index is 1.27. The van der Waals surface area contributed by atoms with E-state index in [0.29, 0.717) is 11.6 Å². The number of aromatic nitrogens is 4. The number of imidazole rings is 2. The molecule has 5 rings (SSSR count). The van der Waals surface area contributed by atoms with Crippen molar-refractivity contribution >= 4 is 11.6 Å². The number of carbonyl (C=O) groups is 1. The predicted molar refractivity (Wildman–Crippen MR) is 116 cm³/mol. The summed E-state index contributed by atoms with van der Waals surface area (Å²) in [6, 6.07) is 16.1. The monoisotopic (exact) mass is 399 g/mol. The molecule has 0 bridgehead atoms. The van der Waals surface area contributed by atoms with Crippen molar-refractivity contribution in [3.8, 4) is 11.4 Å². The molecule has 1 aromatic carbocycles. The molecular weight excluding hydrogens is 374 g/mol. The molecule has 0 atom stereocenters. The molecule has 4 heterocycles. The molecular formula is C24H25N5O. The molecule has 0 spiro atoms. The van der Waals surface area contributed by atoms with Crippen molar-refractivity contribution in [1.29, 1.82) is 0 Å². The summed E-state index contributed by atoms with van der Waals surface area (Å²) in [6.07, 6.45) is 7.83. The Morgan fingerprint density at radius 2 is 1.80 bits per heavy atom. The number of fused-ring (bicyclic) bond motifs is 1. The van der Waals surface area contributed by atoms with Crippen LogP contribution in [0, 0.1) is 12.8 Å². The summed E-state index contributed by atoms with van der Waals surface area (Å²) < 4.78 is 4.15. The van der Waals surface area contributed by atoms with Crippen molar-refractivity contribution in [1.82, 2.24) is 23.8 Å². The molecule has 0 aliphatic carbocycles. The van der Waals surface area contributed by atoms with E-state index in [4.69, 9.17) is 0 Å². The fourth-order valence-corrected chi connectivity index (χ4v) is 4.42. The number of hydrogen-bond acceptors (Lipinski definition) is 3. The fourth-order valence-electron chi connectivity index (χ4n) is 4.42. The molecule has 0 radical (unpaired) electrons. The Labute approximate surface area is 175 Å². The number of benzene rings is 1. The first-order valence-electron chi connectivity index (χ1n) is 10.5. The van der Waals surface area contributed by atoms with E-state index in [2.05, 4.69) is 32.9 Å². The number of nitrogens with zero attached hydrogens (tertiary/aromatic N) is 5. The zero-order valence-corrected chi connectivity index (χ0v) is 17.1. The molecule has 3 aromatic heterocycles. The highest BCUT2D eigenvalue weighted by molar-refractivity contribution is 5.94. The number of pyridine rings is 1. The van der Waals surface area contributed by atoms with E-state index in [1.54, 1.807) is 0 Å². The first-order valence-corrected chi connectivity index (χ1v) is 10.5. The molecule has 1 saturated heterocycles. The van der Waals surface area contributed by atoms with Crippen LogP contribution < -0.4 is 0 Å². The van der Waals surface area contributed by atoms with Gasteiger partial charge in [-0.05, 0) is 37.8 Å². The second kappa shape index (κ2) is 7.78. The van der Waals surface area contributed by atoms with Crippen molar-refractivity contribution < 1.29 is 4.79 Å². The third kappa shape index (κ3) is 3.38. The average Bonchev–Trinajstić information content (AvgIpc) is 3.37. The molecule has 0 unspecified atom stereocenters. The van der Waals surface area contributed by atoms with Crippen LogP contribution in [0.2, 0.25) is 0 Å². The zero-order valence-electron chi connectivity index (χ0n) is 17.1. The van der Waals surface area contributed by atoms with Crippen LogP contribution in [0.1, 0.15) is 29.0 Å². The van der Waals surface area contributed by atoms with Gasteiger partial charge in [0.05, 0.1) is 5.69 Å². The molecule has 1 aliphatic rings. The van der Waals surface area contributed by atoms with Crippen LogP contribution in [0.15, 0.2) is 67.1 Å². The topological polar surface area (TPSA) is 55.4 Å². The van der Waals surface area contributed by atoms with E-state index >= 15 is 0 Å².